The number of carbonyl (C=O) groups excluding carboxylic acids is 1. The maximum Gasteiger partial charge on any atom is 0.259 e. The van der Waals surface area contributed by atoms with E-state index in [9.17, 15) is 4.79 Å². The Hall–Kier alpha value is -2.13. The fourth-order valence-corrected chi connectivity index (χ4v) is 4.10. The van der Waals surface area contributed by atoms with Gasteiger partial charge in [0.2, 0.25) is 0 Å². The summed E-state index contributed by atoms with van der Waals surface area (Å²) >= 11 is 0. The van der Waals surface area contributed by atoms with E-state index in [1.165, 1.54) is 11.1 Å². The third-order valence-corrected chi connectivity index (χ3v) is 5.21. The van der Waals surface area contributed by atoms with Crippen molar-refractivity contribution in [1.82, 2.24) is 5.32 Å². The summed E-state index contributed by atoms with van der Waals surface area (Å²) in [5, 5.41) is 3.49. The van der Waals surface area contributed by atoms with Crippen LogP contribution in [0.1, 0.15) is 39.9 Å². The number of nitrogens with zero attached hydrogens (tertiary/aromatic N) is 1. The fourth-order valence-electron chi connectivity index (χ4n) is 4.10. The second-order valence-corrected chi connectivity index (χ2v) is 6.57. The summed E-state index contributed by atoms with van der Waals surface area (Å²) in [6.45, 7) is 6.05. The lowest BCUT2D eigenvalue weighted by atomic mass is 9.81. The smallest absolute Gasteiger partial charge is 0.259 e. The topological polar surface area (TPSA) is 32.3 Å². The number of hydrogen-bond donors (Lipinski definition) is 1. The molecule has 1 N–H and O–H groups in total. The lowest BCUT2D eigenvalue weighted by Crippen LogP contribution is -2.48. The minimum absolute atomic E-state index is 0.149. The highest BCUT2D eigenvalue weighted by Gasteiger charge is 2.43. The summed E-state index contributed by atoms with van der Waals surface area (Å²) in [4.78, 5) is 15.3. The van der Waals surface area contributed by atoms with Crippen molar-refractivity contribution in [2.75, 3.05) is 18.0 Å². The van der Waals surface area contributed by atoms with Crippen LogP contribution in [0.2, 0.25) is 0 Å². The summed E-state index contributed by atoms with van der Waals surface area (Å²) in [6, 6.07) is 14.7. The Bertz CT molecular complexity index is 754. The Morgan fingerprint density at radius 2 is 1.96 bits per heavy atom. The van der Waals surface area contributed by atoms with Gasteiger partial charge in [-0.3, -0.25) is 4.79 Å². The minimum Gasteiger partial charge on any atom is -0.314 e. The van der Waals surface area contributed by atoms with Crippen LogP contribution in [-0.2, 0) is 6.42 Å². The number of amides is 1. The molecule has 2 aliphatic rings. The van der Waals surface area contributed by atoms with Crippen LogP contribution in [0.15, 0.2) is 42.5 Å². The van der Waals surface area contributed by atoms with E-state index in [0.29, 0.717) is 5.92 Å². The molecular formula is C20H22N2O. The van der Waals surface area contributed by atoms with E-state index in [2.05, 4.69) is 31.3 Å². The molecule has 0 saturated carbocycles. The molecule has 0 aliphatic carbocycles. The van der Waals surface area contributed by atoms with Crippen LogP contribution < -0.4 is 10.2 Å². The number of nitrogens with one attached hydrogen (secondary N) is 1. The molecule has 4 rings (SSSR count). The molecule has 0 aromatic heterocycles. The van der Waals surface area contributed by atoms with Crippen molar-refractivity contribution in [3.05, 3.63) is 64.7 Å². The number of anilines is 1. The van der Waals surface area contributed by atoms with Crippen molar-refractivity contribution in [1.29, 1.82) is 0 Å². The SMILES string of the molecule is CCc1cc(C)c2c(c1)[C@H]1CNC[C@@H]1N(c1ccccc1)C2=O. The molecule has 1 saturated heterocycles. The second kappa shape index (κ2) is 5.50. The standard InChI is InChI=1S/C20H22N2O/c1-3-14-9-13(2)19-16(10-14)17-11-21-12-18(17)22(20(19)23)15-7-5-4-6-8-15/h4-10,17-18,21H,3,11-12H2,1-2H3/t17-,18+/m1/s1. The number of carbonyl (C=O) groups is 1. The highest BCUT2D eigenvalue weighted by molar-refractivity contribution is 6.10. The van der Waals surface area contributed by atoms with E-state index >= 15 is 0 Å². The number of aryl methyl sites for hydroxylation is 2. The van der Waals surface area contributed by atoms with Crippen molar-refractivity contribution in [2.45, 2.75) is 32.2 Å². The second-order valence-electron chi connectivity index (χ2n) is 6.57. The molecule has 2 aliphatic heterocycles. The Morgan fingerprint density at radius 1 is 1.17 bits per heavy atom. The third-order valence-electron chi connectivity index (χ3n) is 5.21. The van der Waals surface area contributed by atoms with Crippen LogP contribution in [0, 0.1) is 6.92 Å². The van der Waals surface area contributed by atoms with Gasteiger partial charge in [0.15, 0.2) is 0 Å². The molecule has 0 bridgehead atoms. The zero-order valence-electron chi connectivity index (χ0n) is 13.7. The fraction of sp³-hybridized carbons (Fsp3) is 0.350. The van der Waals surface area contributed by atoms with E-state index in [0.717, 1.165) is 36.3 Å². The Kier molecular flexibility index (Phi) is 3.46. The van der Waals surface area contributed by atoms with Gasteiger partial charge in [0.1, 0.15) is 0 Å². The highest BCUT2D eigenvalue weighted by atomic mass is 16.2. The van der Waals surface area contributed by atoms with Gasteiger partial charge in [-0.15, -0.1) is 0 Å². The van der Waals surface area contributed by atoms with Gasteiger partial charge in [-0.05, 0) is 42.2 Å². The predicted octanol–water partition coefficient (Wildman–Crippen LogP) is 3.27. The molecule has 1 fully saturated rings. The van der Waals surface area contributed by atoms with Gasteiger partial charge in [0.25, 0.3) is 5.91 Å². The molecule has 2 heterocycles. The van der Waals surface area contributed by atoms with Gasteiger partial charge >= 0.3 is 0 Å². The van der Waals surface area contributed by atoms with Crippen molar-refractivity contribution in [3.63, 3.8) is 0 Å². The number of rotatable bonds is 2. The highest BCUT2D eigenvalue weighted by Crippen LogP contribution is 2.39. The summed E-state index contributed by atoms with van der Waals surface area (Å²) in [5.41, 5.74) is 5.59. The van der Waals surface area contributed by atoms with E-state index in [1.807, 2.05) is 35.2 Å². The lowest BCUT2D eigenvalue weighted by molar-refractivity contribution is 0.0965. The van der Waals surface area contributed by atoms with Gasteiger partial charge in [0, 0.05) is 30.3 Å². The molecule has 2 aromatic carbocycles. The molecule has 2 aromatic rings. The zero-order chi connectivity index (χ0) is 16.0. The molecule has 0 unspecified atom stereocenters. The summed E-state index contributed by atoms with van der Waals surface area (Å²) in [6.07, 6.45) is 1.01. The summed E-state index contributed by atoms with van der Waals surface area (Å²) < 4.78 is 0. The molecule has 3 heteroatoms. The monoisotopic (exact) mass is 306 g/mol. The molecule has 0 spiro atoms. The Balaban J connectivity index is 1.90. The molecule has 1 amide bonds. The van der Waals surface area contributed by atoms with E-state index in [1.54, 1.807) is 0 Å². The lowest BCUT2D eigenvalue weighted by Gasteiger charge is -2.39. The average molecular weight is 306 g/mol. The quantitative estimate of drug-likeness (QED) is 0.923. The molecular weight excluding hydrogens is 284 g/mol. The molecule has 118 valence electrons. The van der Waals surface area contributed by atoms with Crippen LogP contribution in [-0.4, -0.2) is 25.0 Å². The maximum atomic E-state index is 13.3. The maximum absolute atomic E-state index is 13.3. The number of hydrogen-bond acceptors (Lipinski definition) is 2. The molecule has 2 atom stereocenters. The van der Waals surface area contributed by atoms with Crippen LogP contribution in [0.3, 0.4) is 0 Å². The van der Waals surface area contributed by atoms with Crippen LogP contribution in [0.5, 0.6) is 0 Å². The summed E-state index contributed by atoms with van der Waals surface area (Å²) in [7, 11) is 0. The third kappa shape index (κ3) is 2.19. The average Bonchev–Trinajstić information content (AvgIpc) is 3.04. The first-order chi connectivity index (χ1) is 11.2. The first kappa shape index (κ1) is 14.5. The van der Waals surface area contributed by atoms with E-state index in [4.69, 9.17) is 0 Å². The first-order valence-electron chi connectivity index (χ1n) is 8.43. The van der Waals surface area contributed by atoms with Gasteiger partial charge < -0.3 is 10.2 Å². The number of para-hydroxylation sites is 1. The number of fused-ring (bicyclic) bond motifs is 3. The molecule has 23 heavy (non-hydrogen) atoms. The van der Waals surface area contributed by atoms with Crippen LogP contribution >= 0.6 is 0 Å². The van der Waals surface area contributed by atoms with Gasteiger partial charge in [-0.25, -0.2) is 0 Å². The molecule has 3 nitrogen and oxygen atoms in total. The van der Waals surface area contributed by atoms with Crippen molar-refractivity contribution < 1.29 is 4.79 Å². The van der Waals surface area contributed by atoms with Crippen LogP contribution in [0.25, 0.3) is 0 Å². The van der Waals surface area contributed by atoms with Gasteiger partial charge in [-0.2, -0.15) is 0 Å². The largest absolute Gasteiger partial charge is 0.314 e. The number of benzene rings is 2. The van der Waals surface area contributed by atoms with Gasteiger partial charge in [0.05, 0.1) is 6.04 Å². The Morgan fingerprint density at radius 3 is 2.70 bits per heavy atom. The minimum atomic E-state index is 0.149. The predicted molar refractivity (Wildman–Crippen MR) is 93.2 cm³/mol. The normalized spacial score (nSPS) is 22.9. The Labute approximate surface area is 137 Å². The van der Waals surface area contributed by atoms with Gasteiger partial charge in [-0.1, -0.05) is 37.3 Å². The van der Waals surface area contributed by atoms with Crippen molar-refractivity contribution in [2.24, 2.45) is 0 Å². The van der Waals surface area contributed by atoms with E-state index in [-0.39, 0.29) is 11.9 Å². The van der Waals surface area contributed by atoms with E-state index < -0.39 is 0 Å². The first-order valence-corrected chi connectivity index (χ1v) is 8.43. The van der Waals surface area contributed by atoms with Crippen LogP contribution in [0.4, 0.5) is 5.69 Å². The van der Waals surface area contributed by atoms with Crippen molar-refractivity contribution >= 4 is 11.6 Å². The summed E-state index contributed by atoms with van der Waals surface area (Å²) in [5.74, 6) is 0.532. The zero-order valence-corrected chi connectivity index (χ0v) is 13.7. The molecule has 0 radical (unpaired) electrons. The van der Waals surface area contributed by atoms with Crippen molar-refractivity contribution in [3.8, 4) is 0 Å².